The van der Waals surface area contributed by atoms with Crippen LogP contribution < -0.4 is 9.47 Å². The van der Waals surface area contributed by atoms with Gasteiger partial charge in [-0.1, -0.05) is 0 Å². The number of ether oxygens (including phenoxy) is 2. The Morgan fingerprint density at radius 2 is 2.17 bits per heavy atom. The smallest absolute Gasteiger partial charge is 0.151 e. The highest BCUT2D eigenvalue weighted by molar-refractivity contribution is 7.91. The van der Waals surface area contributed by atoms with Crippen molar-refractivity contribution in [1.29, 1.82) is 0 Å². The molecule has 1 aromatic carbocycles. The summed E-state index contributed by atoms with van der Waals surface area (Å²) >= 11 is 0. The fourth-order valence-electron chi connectivity index (χ4n) is 3.42. The third kappa shape index (κ3) is 3.63. The molecule has 3 rings (SSSR count). The van der Waals surface area contributed by atoms with Crippen molar-refractivity contribution in [3.05, 3.63) is 23.3 Å². The molecule has 2 aliphatic rings. The zero-order valence-electron chi connectivity index (χ0n) is 14.0. The molecule has 0 amide bonds. The van der Waals surface area contributed by atoms with Crippen LogP contribution in [-0.2, 0) is 22.8 Å². The second kappa shape index (κ2) is 6.32. The molecule has 1 saturated heterocycles. The first kappa shape index (κ1) is 16.6. The van der Waals surface area contributed by atoms with Crippen molar-refractivity contribution in [2.24, 2.45) is 0 Å². The number of rotatable bonds is 5. The number of hydrogen-bond acceptors (Lipinski definition) is 5. The van der Waals surface area contributed by atoms with Crippen molar-refractivity contribution in [3.63, 3.8) is 0 Å². The zero-order chi connectivity index (χ0) is 16.6. The molecule has 23 heavy (non-hydrogen) atoms. The van der Waals surface area contributed by atoms with Crippen LogP contribution in [0, 0.1) is 0 Å². The number of fused-ring (bicyclic) bond motifs is 1. The molecule has 128 valence electrons. The van der Waals surface area contributed by atoms with E-state index in [1.54, 1.807) is 0 Å². The highest BCUT2D eigenvalue weighted by atomic mass is 32.2. The summed E-state index contributed by atoms with van der Waals surface area (Å²) in [6.45, 7) is 5.32. The standard InChI is InChI=1S/C17H25NO4S/c1-4-21-16-8-13-7-12(2)22-17(13)9-14(16)10-18(3)15-5-6-23(19,20)11-15/h8-9,12,15H,4-7,10-11H2,1-3H3/t12-,15+/m0/s1. The highest BCUT2D eigenvalue weighted by Crippen LogP contribution is 2.36. The first-order chi connectivity index (χ1) is 10.9. The fourth-order valence-corrected chi connectivity index (χ4v) is 5.22. The monoisotopic (exact) mass is 339 g/mol. The van der Waals surface area contributed by atoms with Crippen LogP contribution in [0.1, 0.15) is 31.4 Å². The lowest BCUT2D eigenvalue weighted by atomic mass is 10.1. The predicted molar refractivity (Wildman–Crippen MR) is 89.9 cm³/mol. The van der Waals surface area contributed by atoms with Crippen molar-refractivity contribution in [1.82, 2.24) is 4.90 Å². The summed E-state index contributed by atoms with van der Waals surface area (Å²) in [6.07, 6.45) is 1.82. The molecule has 0 aromatic heterocycles. The Kier molecular flexibility index (Phi) is 4.56. The quantitative estimate of drug-likeness (QED) is 0.821. The lowest BCUT2D eigenvalue weighted by Crippen LogP contribution is -2.32. The van der Waals surface area contributed by atoms with Gasteiger partial charge in [0.15, 0.2) is 9.84 Å². The van der Waals surface area contributed by atoms with Gasteiger partial charge >= 0.3 is 0 Å². The van der Waals surface area contributed by atoms with E-state index in [1.807, 2.05) is 14.0 Å². The van der Waals surface area contributed by atoms with E-state index in [4.69, 9.17) is 9.47 Å². The van der Waals surface area contributed by atoms with E-state index in [1.165, 1.54) is 5.56 Å². The molecule has 0 saturated carbocycles. The second-order valence-electron chi connectivity index (χ2n) is 6.61. The Bertz CT molecular complexity index is 686. The van der Waals surface area contributed by atoms with Crippen LogP contribution in [0.4, 0.5) is 0 Å². The van der Waals surface area contributed by atoms with E-state index in [9.17, 15) is 8.42 Å². The highest BCUT2D eigenvalue weighted by Gasteiger charge is 2.31. The fraction of sp³-hybridized carbons (Fsp3) is 0.647. The van der Waals surface area contributed by atoms with E-state index in [2.05, 4.69) is 24.0 Å². The lowest BCUT2D eigenvalue weighted by Gasteiger charge is -2.24. The van der Waals surface area contributed by atoms with E-state index >= 15 is 0 Å². The summed E-state index contributed by atoms with van der Waals surface area (Å²) in [5.41, 5.74) is 2.25. The summed E-state index contributed by atoms with van der Waals surface area (Å²) < 4.78 is 35.0. The third-order valence-electron chi connectivity index (χ3n) is 4.63. The molecule has 0 radical (unpaired) electrons. The summed E-state index contributed by atoms with van der Waals surface area (Å²) in [6, 6.07) is 4.23. The molecule has 5 nitrogen and oxygen atoms in total. The van der Waals surface area contributed by atoms with Gasteiger partial charge in [0.05, 0.1) is 18.1 Å². The van der Waals surface area contributed by atoms with Crippen molar-refractivity contribution in [2.75, 3.05) is 25.2 Å². The van der Waals surface area contributed by atoms with Gasteiger partial charge in [0.1, 0.15) is 17.6 Å². The van der Waals surface area contributed by atoms with Gasteiger partial charge in [-0.2, -0.15) is 0 Å². The maximum atomic E-state index is 11.7. The average molecular weight is 339 g/mol. The molecule has 0 bridgehead atoms. The van der Waals surface area contributed by atoms with Crippen molar-refractivity contribution >= 4 is 9.84 Å². The molecule has 0 spiro atoms. The molecular formula is C17H25NO4S. The van der Waals surface area contributed by atoms with Crippen LogP contribution in [0.2, 0.25) is 0 Å². The first-order valence-electron chi connectivity index (χ1n) is 8.24. The summed E-state index contributed by atoms with van der Waals surface area (Å²) in [7, 11) is -0.883. The van der Waals surface area contributed by atoms with E-state index in [0.717, 1.165) is 23.5 Å². The Labute approximate surface area is 138 Å². The lowest BCUT2D eigenvalue weighted by molar-refractivity contribution is 0.243. The number of nitrogens with zero attached hydrogens (tertiary/aromatic N) is 1. The molecule has 2 heterocycles. The summed E-state index contributed by atoms with van der Waals surface area (Å²) in [5.74, 6) is 2.37. The van der Waals surface area contributed by atoms with Crippen LogP contribution in [-0.4, -0.2) is 50.6 Å². The zero-order valence-corrected chi connectivity index (χ0v) is 14.9. The Morgan fingerprint density at radius 3 is 2.83 bits per heavy atom. The maximum absolute atomic E-state index is 11.7. The Hall–Kier alpha value is -1.27. The van der Waals surface area contributed by atoms with Crippen LogP contribution in [0.25, 0.3) is 0 Å². The molecule has 0 aliphatic carbocycles. The Balaban J connectivity index is 1.80. The van der Waals surface area contributed by atoms with Crippen molar-refractivity contribution in [3.8, 4) is 11.5 Å². The van der Waals surface area contributed by atoms with Gasteiger partial charge < -0.3 is 9.47 Å². The van der Waals surface area contributed by atoms with Gasteiger partial charge in [0.2, 0.25) is 0 Å². The average Bonchev–Trinajstić information content (AvgIpc) is 3.00. The van der Waals surface area contributed by atoms with Crippen LogP contribution in [0.5, 0.6) is 11.5 Å². The molecule has 0 N–H and O–H groups in total. The molecule has 0 unspecified atom stereocenters. The Morgan fingerprint density at radius 1 is 1.39 bits per heavy atom. The van der Waals surface area contributed by atoms with Gasteiger partial charge in [-0.25, -0.2) is 8.42 Å². The van der Waals surface area contributed by atoms with Crippen LogP contribution in [0.3, 0.4) is 0 Å². The van der Waals surface area contributed by atoms with Gasteiger partial charge in [-0.15, -0.1) is 0 Å². The molecule has 1 fully saturated rings. The van der Waals surface area contributed by atoms with Crippen LogP contribution >= 0.6 is 0 Å². The maximum Gasteiger partial charge on any atom is 0.151 e. The van der Waals surface area contributed by atoms with Crippen LogP contribution in [0.15, 0.2) is 12.1 Å². The van der Waals surface area contributed by atoms with E-state index in [-0.39, 0.29) is 17.9 Å². The minimum atomic E-state index is -2.87. The van der Waals surface area contributed by atoms with Gasteiger partial charge in [0.25, 0.3) is 0 Å². The number of sulfone groups is 1. The number of hydrogen-bond donors (Lipinski definition) is 0. The van der Waals surface area contributed by atoms with E-state index < -0.39 is 9.84 Å². The second-order valence-corrected chi connectivity index (χ2v) is 8.83. The first-order valence-corrected chi connectivity index (χ1v) is 10.1. The van der Waals surface area contributed by atoms with E-state index in [0.29, 0.717) is 25.3 Å². The molecule has 2 atom stereocenters. The topological polar surface area (TPSA) is 55.8 Å². The molecule has 1 aromatic rings. The predicted octanol–water partition coefficient (Wildman–Crippen LogP) is 2.03. The molecule has 2 aliphatic heterocycles. The molecular weight excluding hydrogens is 314 g/mol. The molecule has 6 heteroatoms. The summed E-state index contributed by atoms with van der Waals surface area (Å²) in [4.78, 5) is 2.12. The normalized spacial score (nSPS) is 25.4. The minimum Gasteiger partial charge on any atom is -0.494 e. The summed E-state index contributed by atoms with van der Waals surface area (Å²) in [5, 5.41) is 0. The van der Waals surface area contributed by atoms with Crippen molar-refractivity contribution in [2.45, 2.75) is 45.4 Å². The van der Waals surface area contributed by atoms with Crippen molar-refractivity contribution < 1.29 is 17.9 Å². The SMILES string of the molecule is CCOc1cc2c(cc1CN(C)[C@@H]1CCS(=O)(=O)C1)O[C@@H](C)C2. The minimum absolute atomic E-state index is 0.0857. The van der Waals surface area contributed by atoms with Gasteiger partial charge in [-0.05, 0) is 39.4 Å². The van der Waals surface area contributed by atoms with Gasteiger partial charge in [-0.3, -0.25) is 4.90 Å². The third-order valence-corrected chi connectivity index (χ3v) is 6.38. The van der Waals surface area contributed by atoms with Gasteiger partial charge in [0, 0.05) is 30.1 Å². The number of benzene rings is 1. The largest absolute Gasteiger partial charge is 0.494 e.